The highest BCUT2D eigenvalue weighted by atomic mass is 32.2. The molecule has 14 heteroatoms. The average molecular weight is 751 g/mol. The Morgan fingerprint density at radius 2 is 1.48 bits per heavy atom. The summed E-state index contributed by atoms with van der Waals surface area (Å²) in [4.78, 5) is 66.7. The van der Waals surface area contributed by atoms with Gasteiger partial charge in [-0.2, -0.15) is 17.0 Å². The molecular weight excluding hydrogens is 685 g/mol. The number of urea groups is 1. The molecule has 1 heterocycles. The molecule has 0 aromatic rings. The average Bonchev–Trinajstić information content (AvgIpc) is 3.85. The highest BCUT2D eigenvalue weighted by Crippen LogP contribution is 2.35. The van der Waals surface area contributed by atoms with E-state index in [-0.39, 0.29) is 36.7 Å². The van der Waals surface area contributed by atoms with Gasteiger partial charge < -0.3 is 21.3 Å². The summed E-state index contributed by atoms with van der Waals surface area (Å²) < 4.78 is 29.2. The van der Waals surface area contributed by atoms with Gasteiger partial charge in [0.25, 0.3) is 16.1 Å². The molecule has 0 aromatic heterocycles. The Kier molecular flexibility index (Phi) is 15.5. The summed E-state index contributed by atoms with van der Waals surface area (Å²) in [7, 11) is -3.66. The Morgan fingerprint density at radius 1 is 0.846 bits per heavy atom. The van der Waals surface area contributed by atoms with Gasteiger partial charge in [-0.3, -0.25) is 19.2 Å². The summed E-state index contributed by atoms with van der Waals surface area (Å²) in [5, 5.41) is 11.3. The van der Waals surface area contributed by atoms with Crippen LogP contribution < -0.4 is 21.3 Å². The van der Waals surface area contributed by atoms with Gasteiger partial charge in [-0.25, -0.2) is 4.79 Å². The lowest BCUT2D eigenvalue weighted by molar-refractivity contribution is -0.140. The lowest BCUT2D eigenvalue weighted by Gasteiger charge is -2.36. The van der Waals surface area contributed by atoms with Crippen molar-refractivity contribution < 1.29 is 32.4 Å². The Balaban J connectivity index is 1.64. The van der Waals surface area contributed by atoms with E-state index in [4.69, 9.17) is 0 Å². The van der Waals surface area contributed by atoms with Gasteiger partial charge in [0.15, 0.2) is 5.78 Å². The van der Waals surface area contributed by atoms with Crippen molar-refractivity contribution in [3.05, 3.63) is 12.7 Å². The zero-order valence-corrected chi connectivity index (χ0v) is 33.7. The van der Waals surface area contributed by atoms with Crippen molar-refractivity contribution in [1.29, 1.82) is 0 Å². The molecule has 1 saturated heterocycles. The van der Waals surface area contributed by atoms with E-state index in [1.165, 1.54) is 27.5 Å². The fraction of sp³-hybridized carbons (Fsp3) is 0.816. The Labute approximate surface area is 312 Å². The topological polar surface area (TPSA) is 174 Å². The molecule has 2 aliphatic carbocycles. The van der Waals surface area contributed by atoms with Crippen LogP contribution in [0.3, 0.4) is 0 Å². The number of amides is 4. The first kappa shape index (κ1) is 43.6. The minimum Gasteiger partial charge on any atom is -0.346 e. The van der Waals surface area contributed by atoms with Gasteiger partial charge in [-0.05, 0) is 62.7 Å². The predicted octanol–water partition coefficient (Wildman–Crippen LogP) is 4.09. The van der Waals surface area contributed by atoms with Crippen molar-refractivity contribution in [2.45, 2.75) is 144 Å². The summed E-state index contributed by atoms with van der Waals surface area (Å²) in [5.41, 5.74) is -1.10. The fourth-order valence-electron chi connectivity index (χ4n) is 7.15. The van der Waals surface area contributed by atoms with Crippen molar-refractivity contribution in [2.24, 2.45) is 28.6 Å². The van der Waals surface area contributed by atoms with Gasteiger partial charge in [0.1, 0.15) is 0 Å². The number of Topliss-reactive ketones (excluding diaryl/α,β-unsaturated/α-hetero) is 2. The zero-order chi connectivity index (χ0) is 39.0. The second-order valence-electron chi connectivity index (χ2n) is 17.5. The number of nitrogens with zero attached hydrogens (tertiary/aromatic N) is 2. The van der Waals surface area contributed by atoms with Gasteiger partial charge in [0.05, 0.1) is 12.1 Å². The Bertz CT molecular complexity index is 1400. The minimum absolute atomic E-state index is 0.0993. The van der Waals surface area contributed by atoms with Crippen molar-refractivity contribution in [3.63, 3.8) is 0 Å². The summed E-state index contributed by atoms with van der Waals surface area (Å²) in [5.74, 6) is -1.88. The van der Waals surface area contributed by atoms with E-state index in [2.05, 4.69) is 27.8 Å². The number of carbonyl (C=O) groups excluding carboxylic acids is 5. The summed E-state index contributed by atoms with van der Waals surface area (Å²) in [6, 6.07) is -2.96. The van der Waals surface area contributed by atoms with Gasteiger partial charge in [-0.15, -0.1) is 6.58 Å². The first-order valence-electron chi connectivity index (χ1n) is 19.3. The molecule has 5 atom stereocenters. The summed E-state index contributed by atoms with van der Waals surface area (Å²) in [6.45, 7) is 19.7. The maximum Gasteiger partial charge on any atom is 0.315 e. The maximum atomic E-state index is 14.1. The van der Waals surface area contributed by atoms with Crippen LogP contribution in [0.25, 0.3) is 0 Å². The lowest BCUT2D eigenvalue weighted by atomic mass is 9.78. The SMILES string of the molecule is C=CCNC(=O)C(=O)C(CCCC1CC1)NC(=O)[C@@H]1CCCC(C(=O)[C@@H](NC(=O)N[C@H](CN2CCN(C(C)C)S2(=O)=O)C(C)(C)C)C(C)(C)C)CC1. The van der Waals surface area contributed by atoms with Gasteiger partial charge in [0.2, 0.25) is 11.7 Å². The number of rotatable bonds is 17. The number of ketones is 2. The molecule has 3 aliphatic rings. The monoisotopic (exact) mass is 750 g/mol. The van der Waals surface area contributed by atoms with Crippen molar-refractivity contribution in [2.75, 3.05) is 26.2 Å². The predicted molar refractivity (Wildman–Crippen MR) is 202 cm³/mol. The fourth-order valence-corrected chi connectivity index (χ4v) is 8.95. The summed E-state index contributed by atoms with van der Waals surface area (Å²) >= 11 is 0. The number of carbonyl (C=O) groups is 5. The summed E-state index contributed by atoms with van der Waals surface area (Å²) in [6.07, 6.45) is 8.62. The van der Waals surface area contributed by atoms with E-state index in [1.807, 2.05) is 55.4 Å². The molecule has 296 valence electrons. The second-order valence-corrected chi connectivity index (χ2v) is 19.4. The zero-order valence-electron chi connectivity index (χ0n) is 32.9. The first-order valence-corrected chi connectivity index (χ1v) is 20.7. The molecule has 3 fully saturated rings. The van der Waals surface area contributed by atoms with Crippen LogP contribution in [0, 0.1) is 28.6 Å². The van der Waals surface area contributed by atoms with Crippen LogP contribution in [-0.4, -0.2) is 96.8 Å². The molecule has 0 radical (unpaired) electrons. The van der Waals surface area contributed by atoms with E-state index in [9.17, 15) is 32.4 Å². The van der Waals surface area contributed by atoms with Gasteiger partial charge in [0, 0.05) is 50.1 Å². The maximum absolute atomic E-state index is 14.1. The van der Waals surface area contributed by atoms with E-state index < -0.39 is 62.8 Å². The van der Waals surface area contributed by atoms with Crippen molar-refractivity contribution in [3.8, 4) is 0 Å². The van der Waals surface area contributed by atoms with Crippen LogP contribution in [0.15, 0.2) is 12.7 Å². The number of hydrogen-bond acceptors (Lipinski definition) is 7. The third kappa shape index (κ3) is 12.4. The van der Waals surface area contributed by atoms with Crippen LogP contribution in [0.1, 0.15) is 120 Å². The standard InChI is InChI=1S/C38H66N6O7S/c1-10-21-39-35(48)32(46)29(16-11-13-26-17-18-26)40-34(47)28-15-12-14-27(19-20-28)31(45)33(38(7,8)9)42-36(49)41-30(37(4,5)6)24-43-22-23-44(25(2)3)52(43,50)51/h10,25-30,33H,1,11-24H2,2-9H3,(H,39,48)(H,40,47)(H2,41,42,49)/t27?,28-,29?,30-,33-/m1/s1. The van der Waals surface area contributed by atoms with E-state index in [1.54, 1.807) is 0 Å². The molecule has 1 aliphatic heterocycles. The van der Waals surface area contributed by atoms with E-state index >= 15 is 0 Å². The first-order chi connectivity index (χ1) is 24.2. The molecule has 4 amide bonds. The van der Waals surface area contributed by atoms with Gasteiger partial charge in [-0.1, -0.05) is 79.7 Å². The Hall–Kier alpha value is -2.84. The van der Waals surface area contributed by atoms with Crippen molar-refractivity contribution in [1.82, 2.24) is 29.9 Å². The van der Waals surface area contributed by atoms with Crippen LogP contribution in [0.2, 0.25) is 0 Å². The van der Waals surface area contributed by atoms with Crippen LogP contribution in [0.5, 0.6) is 0 Å². The molecule has 3 rings (SSSR count). The van der Waals surface area contributed by atoms with Crippen molar-refractivity contribution >= 4 is 39.6 Å². The van der Waals surface area contributed by atoms with Gasteiger partial charge >= 0.3 is 6.03 Å². The second kappa shape index (κ2) is 18.5. The van der Waals surface area contributed by atoms with Crippen LogP contribution in [0.4, 0.5) is 4.79 Å². The largest absolute Gasteiger partial charge is 0.346 e. The Morgan fingerprint density at radius 3 is 2.04 bits per heavy atom. The third-order valence-electron chi connectivity index (χ3n) is 10.7. The van der Waals surface area contributed by atoms with Crippen LogP contribution >= 0.6 is 0 Å². The molecular formula is C38H66N6O7S. The molecule has 2 unspecified atom stereocenters. The normalized spacial score (nSPS) is 23.2. The van der Waals surface area contributed by atoms with E-state index in [0.717, 1.165) is 12.8 Å². The molecule has 52 heavy (non-hydrogen) atoms. The van der Waals surface area contributed by atoms with Crippen LogP contribution in [-0.2, 0) is 29.4 Å². The molecule has 0 spiro atoms. The molecule has 4 N–H and O–H groups in total. The number of nitrogens with one attached hydrogen (secondary N) is 4. The molecule has 2 saturated carbocycles. The highest BCUT2D eigenvalue weighted by molar-refractivity contribution is 7.87. The third-order valence-corrected chi connectivity index (χ3v) is 12.9. The van der Waals surface area contributed by atoms with E-state index in [0.29, 0.717) is 57.5 Å². The minimum atomic E-state index is -3.66. The smallest absolute Gasteiger partial charge is 0.315 e. The molecule has 13 nitrogen and oxygen atoms in total. The quantitative estimate of drug-likeness (QED) is 0.0985. The molecule has 0 bridgehead atoms. The molecule has 0 aromatic carbocycles. The number of hydrogen-bond donors (Lipinski definition) is 4. The highest BCUT2D eigenvalue weighted by Gasteiger charge is 2.43. The lowest BCUT2D eigenvalue weighted by Crippen LogP contribution is -2.59.